The number of nitrogens with zero attached hydrogens (tertiary/aromatic N) is 2. The van der Waals surface area contributed by atoms with Crippen LogP contribution >= 0.6 is 0 Å². The molecular weight excluding hydrogens is 204 g/mol. The number of rotatable bonds is 2. The van der Waals surface area contributed by atoms with E-state index in [9.17, 15) is 4.79 Å². The minimum Gasteiger partial charge on any atom is -0.314 e. The summed E-state index contributed by atoms with van der Waals surface area (Å²) in [5.41, 5.74) is 1.65. The van der Waals surface area contributed by atoms with Crippen LogP contribution in [0.2, 0.25) is 0 Å². The summed E-state index contributed by atoms with van der Waals surface area (Å²) in [5.74, 6) is 0.687. The first-order chi connectivity index (χ1) is 7.66. The second-order valence-corrected chi connectivity index (χ2v) is 4.24. The fourth-order valence-corrected chi connectivity index (χ4v) is 2.03. The Morgan fingerprint density at radius 3 is 2.62 bits per heavy atom. The van der Waals surface area contributed by atoms with Gasteiger partial charge in [-0.1, -0.05) is 0 Å². The third-order valence-electron chi connectivity index (χ3n) is 2.93. The molecule has 0 unspecified atom stereocenters. The highest BCUT2D eigenvalue weighted by Crippen LogP contribution is 2.04. The molecule has 2 N–H and O–H groups in total. The summed E-state index contributed by atoms with van der Waals surface area (Å²) in [6.07, 6.45) is 0. The number of aryl methyl sites for hydroxylation is 2. The summed E-state index contributed by atoms with van der Waals surface area (Å²) in [6, 6.07) is 0. The summed E-state index contributed by atoms with van der Waals surface area (Å²) in [5, 5.41) is 3.30. The number of piperazine rings is 1. The molecule has 0 amide bonds. The Kier molecular flexibility index (Phi) is 3.36. The molecule has 16 heavy (non-hydrogen) atoms. The second-order valence-electron chi connectivity index (χ2n) is 4.24. The van der Waals surface area contributed by atoms with Gasteiger partial charge in [-0.05, 0) is 13.8 Å². The molecule has 0 aromatic carbocycles. The molecule has 5 heteroatoms. The number of hydrogen-bond acceptors (Lipinski definition) is 4. The van der Waals surface area contributed by atoms with Gasteiger partial charge in [-0.2, -0.15) is 0 Å². The molecule has 2 heterocycles. The van der Waals surface area contributed by atoms with Crippen molar-refractivity contribution in [1.82, 2.24) is 20.2 Å². The fourth-order valence-electron chi connectivity index (χ4n) is 2.03. The zero-order valence-electron chi connectivity index (χ0n) is 9.84. The Hall–Kier alpha value is -1.20. The van der Waals surface area contributed by atoms with Gasteiger partial charge in [0.1, 0.15) is 5.82 Å². The number of hydrogen-bond donors (Lipinski definition) is 2. The maximum Gasteiger partial charge on any atom is 0.255 e. The molecular formula is C11H18N4O. The molecule has 0 bridgehead atoms. The van der Waals surface area contributed by atoms with Crippen LogP contribution in [0.25, 0.3) is 0 Å². The third-order valence-corrected chi connectivity index (χ3v) is 2.93. The molecule has 5 nitrogen and oxygen atoms in total. The lowest BCUT2D eigenvalue weighted by Crippen LogP contribution is -2.43. The van der Waals surface area contributed by atoms with Crippen LogP contribution in [0.5, 0.6) is 0 Å². The van der Waals surface area contributed by atoms with Crippen LogP contribution in [0.3, 0.4) is 0 Å². The molecule has 88 valence electrons. The molecule has 0 spiro atoms. The van der Waals surface area contributed by atoms with Crippen molar-refractivity contribution in [3.05, 3.63) is 27.4 Å². The van der Waals surface area contributed by atoms with Crippen LogP contribution in [-0.2, 0) is 6.54 Å². The fraction of sp³-hybridized carbons (Fsp3) is 0.636. The van der Waals surface area contributed by atoms with Gasteiger partial charge in [0.05, 0.1) is 5.56 Å². The van der Waals surface area contributed by atoms with Gasteiger partial charge in [0.2, 0.25) is 0 Å². The Labute approximate surface area is 94.9 Å². The van der Waals surface area contributed by atoms with E-state index in [-0.39, 0.29) is 5.56 Å². The van der Waals surface area contributed by atoms with Crippen molar-refractivity contribution in [1.29, 1.82) is 0 Å². The van der Waals surface area contributed by atoms with Crippen molar-refractivity contribution in [3.63, 3.8) is 0 Å². The first kappa shape index (κ1) is 11.3. The van der Waals surface area contributed by atoms with Crippen LogP contribution in [0.4, 0.5) is 0 Å². The molecule has 2 rings (SSSR count). The molecule has 1 fully saturated rings. The number of H-pyrrole nitrogens is 1. The average molecular weight is 222 g/mol. The first-order valence-electron chi connectivity index (χ1n) is 5.66. The monoisotopic (exact) mass is 222 g/mol. The van der Waals surface area contributed by atoms with Crippen LogP contribution in [0.15, 0.2) is 4.79 Å². The standard InChI is InChI=1S/C11H18N4O/c1-8-10(11(16)14-9(2)13-8)7-15-5-3-12-4-6-15/h12H,3-7H2,1-2H3,(H,13,14,16). The highest BCUT2D eigenvalue weighted by atomic mass is 16.1. The van der Waals surface area contributed by atoms with Crippen LogP contribution in [0.1, 0.15) is 17.1 Å². The van der Waals surface area contributed by atoms with Crippen molar-refractivity contribution >= 4 is 0 Å². The molecule has 0 saturated carbocycles. The quantitative estimate of drug-likeness (QED) is 0.727. The summed E-state index contributed by atoms with van der Waals surface area (Å²) in [4.78, 5) is 21.1. The molecule has 0 aliphatic carbocycles. The molecule has 1 aliphatic rings. The molecule has 1 saturated heterocycles. The second kappa shape index (κ2) is 4.76. The van der Waals surface area contributed by atoms with Crippen molar-refractivity contribution < 1.29 is 0 Å². The van der Waals surface area contributed by atoms with Gasteiger partial charge in [0, 0.05) is 38.4 Å². The lowest BCUT2D eigenvalue weighted by atomic mass is 10.2. The Morgan fingerprint density at radius 1 is 1.31 bits per heavy atom. The van der Waals surface area contributed by atoms with Gasteiger partial charge < -0.3 is 10.3 Å². The third kappa shape index (κ3) is 2.48. The maximum atomic E-state index is 11.8. The lowest BCUT2D eigenvalue weighted by Gasteiger charge is -2.27. The topological polar surface area (TPSA) is 61.0 Å². The van der Waals surface area contributed by atoms with E-state index < -0.39 is 0 Å². The van der Waals surface area contributed by atoms with Crippen LogP contribution < -0.4 is 10.9 Å². The Bertz CT molecular complexity index is 420. The van der Waals surface area contributed by atoms with E-state index in [0.717, 1.165) is 37.4 Å². The van der Waals surface area contributed by atoms with Gasteiger partial charge in [-0.15, -0.1) is 0 Å². The minimum atomic E-state index is 0.00327. The molecule has 0 atom stereocenters. The predicted molar refractivity (Wildman–Crippen MR) is 62.5 cm³/mol. The van der Waals surface area contributed by atoms with Crippen LogP contribution in [0, 0.1) is 13.8 Å². The first-order valence-corrected chi connectivity index (χ1v) is 5.66. The molecule has 1 aliphatic heterocycles. The Balaban J connectivity index is 2.17. The maximum absolute atomic E-state index is 11.8. The molecule has 0 radical (unpaired) electrons. The zero-order chi connectivity index (χ0) is 11.5. The van der Waals surface area contributed by atoms with Crippen molar-refractivity contribution in [2.75, 3.05) is 26.2 Å². The van der Waals surface area contributed by atoms with Crippen molar-refractivity contribution in [3.8, 4) is 0 Å². The van der Waals surface area contributed by atoms with Crippen molar-refractivity contribution in [2.45, 2.75) is 20.4 Å². The zero-order valence-corrected chi connectivity index (χ0v) is 9.84. The number of nitrogens with one attached hydrogen (secondary N) is 2. The normalized spacial score (nSPS) is 17.6. The van der Waals surface area contributed by atoms with Gasteiger partial charge in [-0.3, -0.25) is 9.69 Å². The summed E-state index contributed by atoms with van der Waals surface area (Å²) in [7, 11) is 0. The number of aromatic amines is 1. The molecule has 1 aromatic rings. The van der Waals surface area contributed by atoms with E-state index >= 15 is 0 Å². The van der Waals surface area contributed by atoms with Gasteiger partial charge >= 0.3 is 0 Å². The SMILES string of the molecule is Cc1nc(C)c(CN2CCNCC2)c(=O)[nH]1. The van der Waals surface area contributed by atoms with Gasteiger partial charge in [-0.25, -0.2) is 4.98 Å². The molecule has 1 aromatic heterocycles. The van der Waals surface area contributed by atoms with E-state index in [1.807, 2.05) is 13.8 Å². The number of aromatic nitrogens is 2. The van der Waals surface area contributed by atoms with E-state index in [1.54, 1.807) is 0 Å². The largest absolute Gasteiger partial charge is 0.314 e. The van der Waals surface area contributed by atoms with Crippen molar-refractivity contribution in [2.24, 2.45) is 0 Å². The average Bonchev–Trinajstić information content (AvgIpc) is 2.25. The summed E-state index contributed by atoms with van der Waals surface area (Å²) >= 11 is 0. The highest BCUT2D eigenvalue weighted by Gasteiger charge is 2.14. The van der Waals surface area contributed by atoms with E-state index in [1.165, 1.54) is 0 Å². The van der Waals surface area contributed by atoms with E-state index in [0.29, 0.717) is 12.4 Å². The van der Waals surface area contributed by atoms with Gasteiger partial charge in [0.15, 0.2) is 0 Å². The summed E-state index contributed by atoms with van der Waals surface area (Å²) < 4.78 is 0. The van der Waals surface area contributed by atoms with Crippen LogP contribution in [-0.4, -0.2) is 41.0 Å². The van der Waals surface area contributed by atoms with E-state index in [4.69, 9.17) is 0 Å². The summed E-state index contributed by atoms with van der Waals surface area (Å²) in [6.45, 7) is 8.39. The predicted octanol–water partition coefficient (Wildman–Crippen LogP) is -0.208. The van der Waals surface area contributed by atoms with E-state index in [2.05, 4.69) is 20.2 Å². The van der Waals surface area contributed by atoms with Gasteiger partial charge in [0.25, 0.3) is 5.56 Å². The minimum absolute atomic E-state index is 0.00327. The Morgan fingerprint density at radius 2 is 2.00 bits per heavy atom. The highest BCUT2D eigenvalue weighted by molar-refractivity contribution is 5.16. The smallest absolute Gasteiger partial charge is 0.255 e. The lowest BCUT2D eigenvalue weighted by molar-refractivity contribution is 0.231.